The number of methoxy groups -OCH3 is 2. The van der Waals surface area contributed by atoms with Crippen LogP contribution in [0.2, 0.25) is 0 Å². The average Bonchev–Trinajstić information content (AvgIpc) is 2.36. The number of aryl methyl sites for hydroxylation is 1. The molecule has 96 valence electrons. The van der Waals surface area contributed by atoms with Gasteiger partial charge in [0.05, 0.1) is 20.8 Å². The molecule has 0 atom stereocenters. The molecule has 0 amide bonds. The van der Waals surface area contributed by atoms with Crippen LogP contribution in [0, 0.1) is 0 Å². The van der Waals surface area contributed by atoms with Crippen LogP contribution in [0.1, 0.15) is 18.9 Å². The van der Waals surface area contributed by atoms with Crippen molar-refractivity contribution in [3.8, 4) is 17.2 Å². The Morgan fingerprint density at radius 3 is 2.35 bits per heavy atom. The molecule has 17 heavy (non-hydrogen) atoms. The third-order valence-corrected chi connectivity index (χ3v) is 2.47. The van der Waals surface area contributed by atoms with Crippen molar-refractivity contribution in [1.82, 2.24) is 0 Å². The molecule has 4 nitrogen and oxygen atoms in total. The molecule has 0 spiro atoms. The van der Waals surface area contributed by atoms with Gasteiger partial charge in [-0.2, -0.15) is 0 Å². The summed E-state index contributed by atoms with van der Waals surface area (Å²) in [6, 6.07) is 3.96. The first-order chi connectivity index (χ1) is 8.26. The molecular weight excluding hydrogens is 218 g/mol. The van der Waals surface area contributed by atoms with E-state index in [0.717, 1.165) is 24.2 Å². The Morgan fingerprint density at radius 1 is 1.12 bits per heavy atom. The fourth-order valence-corrected chi connectivity index (χ4v) is 1.70. The molecule has 0 unspecified atom stereocenters. The van der Waals surface area contributed by atoms with E-state index >= 15 is 0 Å². The summed E-state index contributed by atoms with van der Waals surface area (Å²) in [7, 11) is 3.24. The Morgan fingerprint density at radius 2 is 1.82 bits per heavy atom. The number of hydrogen-bond donors (Lipinski definition) is 1. The van der Waals surface area contributed by atoms with Gasteiger partial charge in [-0.1, -0.05) is 0 Å². The second-order valence-corrected chi connectivity index (χ2v) is 3.65. The summed E-state index contributed by atoms with van der Waals surface area (Å²) in [5.41, 5.74) is 6.66. The van der Waals surface area contributed by atoms with Gasteiger partial charge in [-0.05, 0) is 44.0 Å². The molecule has 1 rings (SSSR count). The van der Waals surface area contributed by atoms with E-state index in [-0.39, 0.29) is 0 Å². The third kappa shape index (κ3) is 3.53. The number of benzene rings is 1. The van der Waals surface area contributed by atoms with Crippen LogP contribution in [0.5, 0.6) is 17.2 Å². The third-order valence-electron chi connectivity index (χ3n) is 2.47. The van der Waals surface area contributed by atoms with Crippen LogP contribution in [-0.2, 0) is 6.42 Å². The average molecular weight is 239 g/mol. The van der Waals surface area contributed by atoms with Crippen LogP contribution >= 0.6 is 0 Å². The number of ether oxygens (including phenoxy) is 3. The minimum absolute atomic E-state index is 0.597. The van der Waals surface area contributed by atoms with E-state index in [1.807, 2.05) is 19.1 Å². The molecule has 4 heteroatoms. The lowest BCUT2D eigenvalue weighted by molar-refractivity contribution is 0.296. The second kappa shape index (κ2) is 7.01. The Bertz CT molecular complexity index is 353. The van der Waals surface area contributed by atoms with Gasteiger partial charge in [0.25, 0.3) is 0 Å². The molecule has 0 heterocycles. The van der Waals surface area contributed by atoms with Crippen molar-refractivity contribution >= 4 is 0 Å². The molecule has 0 fully saturated rings. The quantitative estimate of drug-likeness (QED) is 0.790. The van der Waals surface area contributed by atoms with Crippen LogP contribution < -0.4 is 19.9 Å². The molecule has 0 radical (unpaired) electrons. The van der Waals surface area contributed by atoms with Gasteiger partial charge >= 0.3 is 0 Å². The molecule has 0 aliphatic rings. The summed E-state index contributed by atoms with van der Waals surface area (Å²) in [5.74, 6) is 2.07. The highest BCUT2D eigenvalue weighted by atomic mass is 16.5. The van der Waals surface area contributed by atoms with E-state index in [9.17, 15) is 0 Å². The van der Waals surface area contributed by atoms with Gasteiger partial charge in [-0.25, -0.2) is 0 Å². The van der Waals surface area contributed by atoms with Gasteiger partial charge in [-0.3, -0.25) is 0 Å². The topological polar surface area (TPSA) is 53.7 Å². The SMILES string of the molecule is CCOc1cc(CCCN)cc(OC)c1OC. The maximum Gasteiger partial charge on any atom is 0.203 e. The van der Waals surface area contributed by atoms with Gasteiger partial charge in [0.15, 0.2) is 11.5 Å². The zero-order chi connectivity index (χ0) is 12.7. The molecular formula is C13H21NO3. The Labute approximate surface area is 103 Å². The first kappa shape index (κ1) is 13.6. The van der Waals surface area contributed by atoms with E-state index in [4.69, 9.17) is 19.9 Å². The molecule has 0 aliphatic heterocycles. The normalized spacial score (nSPS) is 10.1. The van der Waals surface area contributed by atoms with Gasteiger partial charge in [-0.15, -0.1) is 0 Å². The number of nitrogens with two attached hydrogens (primary N) is 1. The van der Waals surface area contributed by atoms with Crippen LogP contribution in [0.15, 0.2) is 12.1 Å². The standard InChI is InChI=1S/C13H21NO3/c1-4-17-12-9-10(6-5-7-14)8-11(15-2)13(12)16-3/h8-9H,4-7,14H2,1-3H3. The first-order valence-electron chi connectivity index (χ1n) is 5.84. The summed E-state index contributed by atoms with van der Waals surface area (Å²) in [4.78, 5) is 0. The monoisotopic (exact) mass is 239 g/mol. The highest BCUT2D eigenvalue weighted by Crippen LogP contribution is 2.38. The van der Waals surface area contributed by atoms with E-state index in [0.29, 0.717) is 24.7 Å². The van der Waals surface area contributed by atoms with Crippen LogP contribution in [0.25, 0.3) is 0 Å². The second-order valence-electron chi connectivity index (χ2n) is 3.65. The lowest BCUT2D eigenvalue weighted by Gasteiger charge is -2.15. The fourth-order valence-electron chi connectivity index (χ4n) is 1.70. The summed E-state index contributed by atoms with van der Waals surface area (Å²) < 4.78 is 16.2. The highest BCUT2D eigenvalue weighted by Gasteiger charge is 2.13. The van der Waals surface area contributed by atoms with Gasteiger partial charge in [0, 0.05) is 0 Å². The van der Waals surface area contributed by atoms with Crippen molar-refractivity contribution in [1.29, 1.82) is 0 Å². The molecule has 0 saturated heterocycles. The maximum atomic E-state index is 5.55. The zero-order valence-corrected chi connectivity index (χ0v) is 10.8. The minimum Gasteiger partial charge on any atom is -0.493 e. The van der Waals surface area contributed by atoms with E-state index in [1.54, 1.807) is 14.2 Å². The van der Waals surface area contributed by atoms with Crippen molar-refractivity contribution in [2.45, 2.75) is 19.8 Å². The number of hydrogen-bond acceptors (Lipinski definition) is 4. The maximum absolute atomic E-state index is 5.55. The van der Waals surface area contributed by atoms with Crippen molar-refractivity contribution in [3.05, 3.63) is 17.7 Å². The van der Waals surface area contributed by atoms with Crippen molar-refractivity contribution < 1.29 is 14.2 Å². The molecule has 2 N–H and O–H groups in total. The Kier molecular flexibility index (Phi) is 5.63. The van der Waals surface area contributed by atoms with E-state index in [1.165, 1.54) is 0 Å². The van der Waals surface area contributed by atoms with Crippen LogP contribution in [-0.4, -0.2) is 27.4 Å². The molecule has 1 aromatic rings. The first-order valence-corrected chi connectivity index (χ1v) is 5.84. The minimum atomic E-state index is 0.597. The molecule has 0 bridgehead atoms. The van der Waals surface area contributed by atoms with E-state index in [2.05, 4.69) is 0 Å². The summed E-state index contributed by atoms with van der Waals surface area (Å²) in [6.45, 7) is 3.22. The largest absolute Gasteiger partial charge is 0.493 e. The van der Waals surface area contributed by atoms with Crippen molar-refractivity contribution in [3.63, 3.8) is 0 Å². The lowest BCUT2D eigenvalue weighted by atomic mass is 10.1. The van der Waals surface area contributed by atoms with Crippen molar-refractivity contribution in [2.75, 3.05) is 27.4 Å². The Balaban J connectivity index is 3.05. The fraction of sp³-hybridized carbons (Fsp3) is 0.538. The molecule has 0 aromatic heterocycles. The van der Waals surface area contributed by atoms with Gasteiger partial charge in [0.1, 0.15) is 0 Å². The highest BCUT2D eigenvalue weighted by molar-refractivity contribution is 5.53. The summed E-state index contributed by atoms with van der Waals surface area (Å²) in [5, 5.41) is 0. The predicted octanol–water partition coefficient (Wildman–Crippen LogP) is 1.99. The lowest BCUT2D eigenvalue weighted by Crippen LogP contribution is -2.02. The van der Waals surface area contributed by atoms with Crippen molar-refractivity contribution in [2.24, 2.45) is 5.73 Å². The summed E-state index contributed by atoms with van der Waals surface area (Å²) in [6.07, 6.45) is 1.86. The Hall–Kier alpha value is -1.42. The molecule has 1 aromatic carbocycles. The van der Waals surface area contributed by atoms with Crippen LogP contribution in [0.4, 0.5) is 0 Å². The smallest absolute Gasteiger partial charge is 0.203 e. The zero-order valence-electron chi connectivity index (χ0n) is 10.8. The number of rotatable bonds is 7. The van der Waals surface area contributed by atoms with Gasteiger partial charge in [0.2, 0.25) is 5.75 Å². The van der Waals surface area contributed by atoms with Crippen LogP contribution in [0.3, 0.4) is 0 Å². The molecule has 0 saturated carbocycles. The predicted molar refractivity (Wildman–Crippen MR) is 68.1 cm³/mol. The van der Waals surface area contributed by atoms with Gasteiger partial charge < -0.3 is 19.9 Å². The van der Waals surface area contributed by atoms with E-state index < -0.39 is 0 Å². The summed E-state index contributed by atoms with van der Waals surface area (Å²) >= 11 is 0. The molecule has 0 aliphatic carbocycles.